The molecule has 0 saturated heterocycles. The van der Waals surface area contributed by atoms with Crippen molar-refractivity contribution in [2.45, 2.75) is 13.8 Å². The van der Waals surface area contributed by atoms with Gasteiger partial charge in [0.2, 0.25) is 0 Å². The van der Waals surface area contributed by atoms with E-state index in [2.05, 4.69) is 29.0 Å². The molecule has 0 radical (unpaired) electrons. The summed E-state index contributed by atoms with van der Waals surface area (Å²) in [7, 11) is 4.05. The normalized spacial score (nSPS) is 11.6. The molecule has 0 fully saturated rings. The van der Waals surface area contributed by atoms with Crippen molar-refractivity contribution in [3.8, 4) is 0 Å². The van der Waals surface area contributed by atoms with Crippen LogP contribution in [0.15, 0.2) is 12.3 Å². The molecule has 0 aliphatic heterocycles. The fraction of sp³-hybridized carbons (Fsp3) is 0.538. The molecule has 4 N–H and O–H groups in total. The van der Waals surface area contributed by atoms with Gasteiger partial charge in [-0.15, -0.1) is 0 Å². The number of nitrogens with zero attached hydrogens (tertiary/aromatic N) is 2. The average Bonchev–Trinajstić information content (AvgIpc) is 2.25. The highest BCUT2D eigenvalue weighted by Gasteiger charge is 2.19. The van der Waals surface area contributed by atoms with Crippen molar-refractivity contribution < 1.29 is 9.90 Å². The van der Waals surface area contributed by atoms with Crippen LogP contribution in [0.25, 0.3) is 0 Å². The Balaban J connectivity index is 2.71. The minimum atomic E-state index is -1.03. The molecule has 1 heterocycles. The van der Waals surface area contributed by atoms with Crippen molar-refractivity contribution in [1.82, 2.24) is 9.88 Å². The van der Waals surface area contributed by atoms with E-state index in [1.165, 1.54) is 12.3 Å². The number of carboxylic acid groups (broad SMARTS) is 1. The Bertz CT molecular complexity index is 458. The first-order chi connectivity index (χ1) is 8.71. The summed E-state index contributed by atoms with van der Waals surface area (Å²) >= 11 is 0. The standard InChI is InChI=1S/C13H22N4O2/c1-13(2,8-17(3)4)7-16-11-10(14)5-9(6-15-11)12(18)19/h5-6H,7-8,14H2,1-4H3,(H,15,16)(H,18,19). The third-order valence-electron chi connectivity index (χ3n) is 2.64. The second-order valence-electron chi connectivity index (χ2n) is 5.72. The van der Waals surface area contributed by atoms with E-state index in [-0.39, 0.29) is 11.0 Å². The number of nitrogen functional groups attached to an aromatic ring is 1. The number of carbonyl (C=O) groups is 1. The summed E-state index contributed by atoms with van der Waals surface area (Å²) in [6.07, 6.45) is 1.31. The van der Waals surface area contributed by atoms with E-state index in [1.807, 2.05) is 14.1 Å². The number of hydrogen-bond acceptors (Lipinski definition) is 5. The van der Waals surface area contributed by atoms with Crippen molar-refractivity contribution in [3.05, 3.63) is 17.8 Å². The predicted octanol–water partition coefficient (Wildman–Crippen LogP) is 1.36. The first kappa shape index (κ1) is 15.2. The van der Waals surface area contributed by atoms with E-state index in [9.17, 15) is 4.79 Å². The summed E-state index contributed by atoms with van der Waals surface area (Å²) in [5, 5.41) is 12.0. The molecule has 6 nitrogen and oxygen atoms in total. The maximum atomic E-state index is 10.8. The highest BCUT2D eigenvalue weighted by Crippen LogP contribution is 2.21. The molecule has 106 valence electrons. The molecule has 0 amide bonds. The molecule has 6 heteroatoms. The van der Waals surface area contributed by atoms with Gasteiger partial charge in [-0.2, -0.15) is 0 Å². The largest absolute Gasteiger partial charge is 0.478 e. The van der Waals surface area contributed by atoms with E-state index < -0.39 is 5.97 Å². The Hall–Kier alpha value is -1.82. The lowest BCUT2D eigenvalue weighted by Gasteiger charge is -2.28. The third kappa shape index (κ3) is 4.75. The van der Waals surface area contributed by atoms with Crippen LogP contribution in [0, 0.1) is 5.41 Å². The second kappa shape index (κ2) is 5.88. The van der Waals surface area contributed by atoms with E-state index >= 15 is 0 Å². The van der Waals surface area contributed by atoms with E-state index in [4.69, 9.17) is 10.8 Å². The molecule has 0 spiro atoms. The zero-order chi connectivity index (χ0) is 14.6. The summed E-state index contributed by atoms with van der Waals surface area (Å²) in [5.74, 6) is -0.504. The number of nitrogens with one attached hydrogen (secondary N) is 1. The van der Waals surface area contributed by atoms with Crippen molar-refractivity contribution in [2.75, 3.05) is 38.2 Å². The molecule has 0 saturated carbocycles. The zero-order valence-corrected chi connectivity index (χ0v) is 11.9. The highest BCUT2D eigenvalue weighted by atomic mass is 16.4. The number of hydrogen-bond donors (Lipinski definition) is 3. The molecule has 0 unspecified atom stereocenters. The van der Waals surface area contributed by atoms with Crippen LogP contribution in [0.3, 0.4) is 0 Å². The van der Waals surface area contributed by atoms with Gasteiger partial charge in [-0.25, -0.2) is 9.78 Å². The number of aromatic carboxylic acids is 1. The van der Waals surface area contributed by atoms with Crippen LogP contribution in [-0.2, 0) is 0 Å². The van der Waals surface area contributed by atoms with E-state index in [0.29, 0.717) is 18.1 Å². The van der Waals surface area contributed by atoms with Crippen molar-refractivity contribution in [1.29, 1.82) is 0 Å². The maximum absolute atomic E-state index is 10.8. The molecule has 1 aromatic rings. The van der Waals surface area contributed by atoms with Crippen molar-refractivity contribution in [2.24, 2.45) is 5.41 Å². The van der Waals surface area contributed by atoms with Crippen LogP contribution >= 0.6 is 0 Å². The minimum absolute atomic E-state index is 0.0586. The highest BCUT2D eigenvalue weighted by molar-refractivity contribution is 5.89. The number of rotatable bonds is 6. The topological polar surface area (TPSA) is 91.5 Å². The Morgan fingerprint density at radius 1 is 1.53 bits per heavy atom. The smallest absolute Gasteiger partial charge is 0.337 e. The summed E-state index contributed by atoms with van der Waals surface area (Å²) in [6.45, 7) is 5.91. The van der Waals surface area contributed by atoms with Crippen LogP contribution in [0.2, 0.25) is 0 Å². The molecule has 0 aliphatic rings. The molecule has 1 aromatic heterocycles. The van der Waals surface area contributed by atoms with Gasteiger partial charge in [0, 0.05) is 19.3 Å². The average molecular weight is 266 g/mol. The van der Waals surface area contributed by atoms with Gasteiger partial charge in [-0.3, -0.25) is 0 Å². The Labute approximate surface area is 113 Å². The van der Waals surface area contributed by atoms with Gasteiger partial charge in [0.15, 0.2) is 0 Å². The number of pyridine rings is 1. The Kier molecular flexibility index (Phi) is 4.72. The Morgan fingerprint density at radius 2 is 2.16 bits per heavy atom. The van der Waals surface area contributed by atoms with Crippen LogP contribution in [-0.4, -0.2) is 48.1 Å². The van der Waals surface area contributed by atoms with Gasteiger partial charge < -0.3 is 21.1 Å². The Morgan fingerprint density at radius 3 is 2.63 bits per heavy atom. The van der Waals surface area contributed by atoms with E-state index in [1.54, 1.807) is 0 Å². The van der Waals surface area contributed by atoms with Gasteiger partial charge in [0.05, 0.1) is 11.3 Å². The van der Waals surface area contributed by atoms with Gasteiger partial charge in [0.25, 0.3) is 0 Å². The lowest BCUT2D eigenvalue weighted by Crippen LogP contribution is -2.34. The van der Waals surface area contributed by atoms with Gasteiger partial charge >= 0.3 is 5.97 Å². The number of carboxylic acids is 1. The summed E-state index contributed by atoms with van der Waals surface area (Å²) in [6, 6.07) is 1.41. The SMILES string of the molecule is CN(C)CC(C)(C)CNc1ncc(C(=O)O)cc1N. The van der Waals surface area contributed by atoms with Gasteiger partial charge in [-0.05, 0) is 25.6 Å². The molecule has 0 atom stereocenters. The quantitative estimate of drug-likeness (QED) is 0.720. The van der Waals surface area contributed by atoms with Crippen LogP contribution in [0.5, 0.6) is 0 Å². The van der Waals surface area contributed by atoms with Gasteiger partial charge in [0.1, 0.15) is 5.82 Å². The molecular weight excluding hydrogens is 244 g/mol. The summed E-state index contributed by atoms with van der Waals surface area (Å²) in [4.78, 5) is 16.9. The molecule has 1 rings (SSSR count). The second-order valence-corrected chi connectivity index (χ2v) is 5.72. The van der Waals surface area contributed by atoms with Crippen molar-refractivity contribution >= 4 is 17.5 Å². The lowest BCUT2D eigenvalue weighted by atomic mass is 9.93. The first-order valence-corrected chi connectivity index (χ1v) is 6.09. The minimum Gasteiger partial charge on any atom is -0.478 e. The van der Waals surface area contributed by atoms with Crippen LogP contribution in [0.1, 0.15) is 24.2 Å². The number of anilines is 2. The van der Waals surface area contributed by atoms with Crippen molar-refractivity contribution in [3.63, 3.8) is 0 Å². The molecular formula is C13H22N4O2. The van der Waals surface area contributed by atoms with Crippen LogP contribution < -0.4 is 11.1 Å². The lowest BCUT2D eigenvalue weighted by molar-refractivity contribution is 0.0696. The van der Waals surface area contributed by atoms with E-state index in [0.717, 1.165) is 6.54 Å². The number of aromatic nitrogens is 1. The summed E-state index contributed by atoms with van der Waals surface area (Å²) in [5.41, 5.74) is 6.29. The molecule has 19 heavy (non-hydrogen) atoms. The third-order valence-corrected chi connectivity index (χ3v) is 2.64. The number of nitrogens with two attached hydrogens (primary N) is 1. The first-order valence-electron chi connectivity index (χ1n) is 6.09. The van der Waals surface area contributed by atoms with Crippen LogP contribution in [0.4, 0.5) is 11.5 Å². The molecule has 0 aromatic carbocycles. The fourth-order valence-electron chi connectivity index (χ4n) is 1.98. The predicted molar refractivity (Wildman–Crippen MR) is 76.4 cm³/mol. The zero-order valence-electron chi connectivity index (χ0n) is 11.9. The maximum Gasteiger partial charge on any atom is 0.337 e. The monoisotopic (exact) mass is 266 g/mol. The fourth-order valence-corrected chi connectivity index (χ4v) is 1.98. The van der Waals surface area contributed by atoms with Gasteiger partial charge in [-0.1, -0.05) is 13.8 Å². The summed E-state index contributed by atoms with van der Waals surface area (Å²) < 4.78 is 0. The molecule has 0 aliphatic carbocycles. The molecule has 0 bridgehead atoms.